The molecule has 2 rings (SSSR count). The van der Waals surface area contributed by atoms with Crippen LogP contribution in [-0.2, 0) is 6.42 Å². The quantitative estimate of drug-likeness (QED) is 0.313. The maximum Gasteiger partial charge on any atom is 0.191 e. The van der Waals surface area contributed by atoms with Crippen molar-refractivity contribution < 1.29 is 4.74 Å². The molecule has 0 unspecified atom stereocenters. The Hall–Kier alpha value is -1.99. The Labute approximate surface area is 128 Å². The van der Waals surface area contributed by atoms with Crippen LogP contribution in [0.1, 0.15) is 5.56 Å². The second-order valence-corrected chi connectivity index (χ2v) is 5.07. The highest BCUT2D eigenvalue weighted by atomic mass is 32.2. The first-order valence-electron chi connectivity index (χ1n) is 6.51. The van der Waals surface area contributed by atoms with Crippen LogP contribution in [0.5, 0.6) is 5.75 Å². The van der Waals surface area contributed by atoms with Gasteiger partial charge >= 0.3 is 0 Å². The van der Waals surface area contributed by atoms with Crippen LogP contribution in [0, 0.1) is 0 Å². The van der Waals surface area contributed by atoms with E-state index in [-0.39, 0.29) is 0 Å². The number of benzene rings is 1. The van der Waals surface area contributed by atoms with Crippen molar-refractivity contribution in [3.05, 3.63) is 35.9 Å². The summed E-state index contributed by atoms with van der Waals surface area (Å²) in [6, 6.07) is 9.82. The highest BCUT2D eigenvalue weighted by Crippen LogP contribution is 2.17. The fourth-order valence-corrected chi connectivity index (χ4v) is 2.19. The van der Waals surface area contributed by atoms with Gasteiger partial charge in [0.2, 0.25) is 0 Å². The minimum absolute atomic E-state index is 0.598. The maximum absolute atomic E-state index is 5.40. The number of nitrogen functional groups attached to an aromatic ring is 1. The molecule has 6 nitrogen and oxygen atoms in total. The van der Waals surface area contributed by atoms with Crippen LogP contribution in [0.2, 0.25) is 0 Å². The molecule has 7 heteroatoms. The van der Waals surface area contributed by atoms with Crippen LogP contribution >= 0.6 is 11.8 Å². The first-order valence-corrected chi connectivity index (χ1v) is 7.74. The molecular weight excluding hydrogens is 286 g/mol. The van der Waals surface area contributed by atoms with E-state index in [1.54, 1.807) is 13.2 Å². The number of thioether (sulfide) groups is 1. The Morgan fingerprint density at radius 3 is 2.52 bits per heavy atom. The minimum Gasteiger partial charge on any atom is -0.497 e. The highest BCUT2D eigenvalue weighted by molar-refractivity contribution is 7.98. The maximum atomic E-state index is 5.40. The zero-order chi connectivity index (χ0) is 15.1. The van der Waals surface area contributed by atoms with Gasteiger partial charge < -0.3 is 15.5 Å². The third-order valence-corrected chi connectivity index (χ3v) is 3.46. The van der Waals surface area contributed by atoms with Gasteiger partial charge in [0.15, 0.2) is 5.16 Å². The molecule has 0 atom stereocenters. The third-order valence-electron chi connectivity index (χ3n) is 2.91. The molecule has 4 N–H and O–H groups in total. The van der Waals surface area contributed by atoms with Crippen molar-refractivity contribution in [2.75, 3.05) is 30.7 Å². The summed E-state index contributed by atoms with van der Waals surface area (Å²) in [6.45, 7) is 0.779. The lowest BCUT2D eigenvalue weighted by molar-refractivity contribution is 0.414. The summed E-state index contributed by atoms with van der Waals surface area (Å²) in [7, 11) is 1.66. The molecule has 112 valence electrons. The second-order valence-electron chi connectivity index (χ2n) is 4.29. The number of nitrogens with two attached hydrogens (primary N) is 1. The van der Waals surface area contributed by atoms with Gasteiger partial charge in [-0.1, -0.05) is 23.9 Å². The summed E-state index contributed by atoms with van der Waals surface area (Å²) in [6.07, 6.45) is 2.82. The predicted octanol–water partition coefficient (Wildman–Crippen LogP) is 2.15. The normalized spacial score (nSPS) is 10.2. The molecule has 0 saturated heterocycles. The van der Waals surface area contributed by atoms with E-state index in [1.165, 1.54) is 17.3 Å². The van der Waals surface area contributed by atoms with Crippen LogP contribution in [0.3, 0.4) is 0 Å². The Morgan fingerprint density at radius 1 is 1.19 bits per heavy atom. The number of hydrazine groups is 1. The van der Waals surface area contributed by atoms with Crippen molar-refractivity contribution in [3.63, 3.8) is 0 Å². The average molecular weight is 305 g/mol. The van der Waals surface area contributed by atoms with E-state index in [2.05, 4.69) is 32.8 Å². The fourth-order valence-electron chi connectivity index (χ4n) is 1.81. The largest absolute Gasteiger partial charge is 0.497 e. The zero-order valence-corrected chi connectivity index (χ0v) is 12.9. The standard InChI is InChI=1S/C14H19N5OS/c1-20-11-5-3-10(4-6-11)7-8-16-12-9-13(19-15)18-14(17-12)21-2/h3-6,9H,7-8,15H2,1-2H3,(H2,16,17,18,19). The van der Waals surface area contributed by atoms with Gasteiger partial charge in [0.05, 0.1) is 7.11 Å². The van der Waals surface area contributed by atoms with E-state index in [0.717, 1.165) is 24.5 Å². The monoisotopic (exact) mass is 305 g/mol. The van der Waals surface area contributed by atoms with Gasteiger partial charge in [0.1, 0.15) is 17.4 Å². The molecular formula is C14H19N5OS. The summed E-state index contributed by atoms with van der Waals surface area (Å²) in [4.78, 5) is 8.60. The van der Waals surface area contributed by atoms with E-state index in [9.17, 15) is 0 Å². The number of aromatic nitrogens is 2. The van der Waals surface area contributed by atoms with E-state index in [0.29, 0.717) is 11.0 Å². The number of methoxy groups -OCH3 is 1. The summed E-state index contributed by atoms with van der Waals surface area (Å²) in [5, 5.41) is 3.96. The fraction of sp³-hybridized carbons (Fsp3) is 0.286. The van der Waals surface area contributed by atoms with Crippen molar-refractivity contribution in [2.24, 2.45) is 5.84 Å². The third kappa shape index (κ3) is 4.51. The Kier molecular flexibility index (Phi) is 5.65. The number of anilines is 2. The average Bonchev–Trinajstić information content (AvgIpc) is 2.55. The van der Waals surface area contributed by atoms with Crippen LogP contribution in [-0.4, -0.2) is 29.9 Å². The van der Waals surface area contributed by atoms with Crippen LogP contribution in [0.4, 0.5) is 11.6 Å². The van der Waals surface area contributed by atoms with E-state index < -0.39 is 0 Å². The van der Waals surface area contributed by atoms with Gasteiger partial charge in [-0.2, -0.15) is 0 Å². The van der Waals surface area contributed by atoms with Crippen molar-refractivity contribution >= 4 is 23.4 Å². The van der Waals surface area contributed by atoms with E-state index in [4.69, 9.17) is 10.6 Å². The lowest BCUT2D eigenvalue weighted by Gasteiger charge is -2.09. The van der Waals surface area contributed by atoms with Gasteiger partial charge in [-0.15, -0.1) is 0 Å². The molecule has 2 aromatic rings. The van der Waals surface area contributed by atoms with Gasteiger partial charge in [-0.05, 0) is 30.4 Å². The predicted molar refractivity (Wildman–Crippen MR) is 86.8 cm³/mol. The smallest absolute Gasteiger partial charge is 0.191 e. The molecule has 1 heterocycles. The van der Waals surface area contributed by atoms with Gasteiger partial charge in [0, 0.05) is 12.6 Å². The summed E-state index contributed by atoms with van der Waals surface area (Å²) >= 11 is 1.47. The molecule has 1 aromatic carbocycles. The number of hydrogen-bond donors (Lipinski definition) is 3. The van der Waals surface area contributed by atoms with Gasteiger partial charge in [-0.3, -0.25) is 0 Å². The molecule has 0 radical (unpaired) electrons. The molecule has 0 bridgehead atoms. The number of nitrogens with one attached hydrogen (secondary N) is 2. The molecule has 0 aliphatic rings. The molecule has 0 aliphatic carbocycles. The molecule has 21 heavy (non-hydrogen) atoms. The number of hydrogen-bond acceptors (Lipinski definition) is 7. The molecule has 0 fully saturated rings. The number of ether oxygens (including phenoxy) is 1. The zero-order valence-electron chi connectivity index (χ0n) is 12.1. The van der Waals surface area contributed by atoms with Gasteiger partial charge in [0.25, 0.3) is 0 Å². The number of rotatable bonds is 7. The topological polar surface area (TPSA) is 85.1 Å². The molecule has 0 spiro atoms. The molecule has 0 aliphatic heterocycles. The van der Waals surface area contributed by atoms with E-state index >= 15 is 0 Å². The Bertz CT molecular complexity index is 554. The van der Waals surface area contributed by atoms with Crippen molar-refractivity contribution in [3.8, 4) is 5.75 Å². The second kappa shape index (κ2) is 7.70. The first kappa shape index (κ1) is 15.4. The highest BCUT2D eigenvalue weighted by Gasteiger charge is 2.03. The van der Waals surface area contributed by atoms with Crippen LogP contribution in [0.25, 0.3) is 0 Å². The van der Waals surface area contributed by atoms with Crippen molar-refractivity contribution in [2.45, 2.75) is 11.6 Å². The minimum atomic E-state index is 0.598. The Morgan fingerprint density at radius 2 is 1.90 bits per heavy atom. The van der Waals surface area contributed by atoms with Crippen LogP contribution < -0.4 is 21.3 Å². The summed E-state index contributed by atoms with van der Waals surface area (Å²) in [5.74, 6) is 7.63. The molecule has 0 saturated carbocycles. The summed E-state index contributed by atoms with van der Waals surface area (Å²) in [5.41, 5.74) is 3.78. The van der Waals surface area contributed by atoms with Crippen molar-refractivity contribution in [1.29, 1.82) is 0 Å². The lowest BCUT2D eigenvalue weighted by atomic mass is 10.1. The first-order chi connectivity index (χ1) is 10.2. The number of nitrogens with zero attached hydrogens (tertiary/aromatic N) is 2. The lowest BCUT2D eigenvalue weighted by Crippen LogP contribution is -2.12. The molecule has 1 aromatic heterocycles. The van der Waals surface area contributed by atoms with Gasteiger partial charge in [-0.25, -0.2) is 15.8 Å². The van der Waals surface area contributed by atoms with Crippen molar-refractivity contribution in [1.82, 2.24) is 9.97 Å². The summed E-state index contributed by atoms with van der Waals surface area (Å²) < 4.78 is 5.14. The Balaban J connectivity index is 1.93. The van der Waals surface area contributed by atoms with E-state index in [1.807, 2.05) is 18.4 Å². The van der Waals surface area contributed by atoms with Crippen LogP contribution in [0.15, 0.2) is 35.5 Å². The SMILES string of the molecule is COc1ccc(CCNc2cc(NN)nc(SC)n2)cc1. The molecule has 0 amide bonds.